The first kappa shape index (κ1) is 15.6. The van der Waals surface area contributed by atoms with E-state index in [1.165, 1.54) is 24.3 Å². The normalized spacial score (nSPS) is 17.7. The van der Waals surface area contributed by atoms with E-state index in [-0.39, 0.29) is 11.1 Å². The van der Waals surface area contributed by atoms with Gasteiger partial charge in [0.25, 0.3) is 11.1 Å². The van der Waals surface area contributed by atoms with Crippen LogP contribution in [-0.2, 0) is 4.79 Å². The van der Waals surface area contributed by atoms with Crippen LogP contribution in [0.5, 0.6) is 0 Å². The summed E-state index contributed by atoms with van der Waals surface area (Å²) in [5, 5.41) is -0.957. The van der Waals surface area contributed by atoms with E-state index in [0.29, 0.717) is 12.2 Å². The van der Waals surface area contributed by atoms with Crippen LogP contribution in [0.4, 0.5) is 20.6 Å². The molecule has 1 aliphatic heterocycles. The molecule has 4 nitrogen and oxygen atoms in total. The average molecular weight is 330 g/mol. The lowest BCUT2D eigenvalue weighted by Crippen LogP contribution is -2.41. The van der Waals surface area contributed by atoms with Gasteiger partial charge in [-0.05, 0) is 55.1 Å². The lowest BCUT2D eigenvalue weighted by Gasteiger charge is -2.27. The Morgan fingerprint density at radius 2 is 1.74 bits per heavy atom. The molecule has 1 saturated heterocycles. The van der Waals surface area contributed by atoms with Crippen LogP contribution in [0.15, 0.2) is 54.6 Å². The van der Waals surface area contributed by atoms with Gasteiger partial charge in [0.2, 0.25) is 0 Å². The molecule has 0 aromatic heterocycles. The van der Waals surface area contributed by atoms with Gasteiger partial charge in [-0.15, -0.1) is 0 Å². The zero-order valence-electron chi connectivity index (χ0n) is 12.5. The molecule has 0 spiro atoms. The van der Waals surface area contributed by atoms with E-state index in [0.717, 1.165) is 22.3 Å². The van der Waals surface area contributed by atoms with Crippen molar-refractivity contribution in [2.45, 2.75) is 12.3 Å². The summed E-state index contributed by atoms with van der Waals surface area (Å²) in [4.78, 5) is 28.0. The number of carbonyl (C=O) groups is 2. The summed E-state index contributed by atoms with van der Waals surface area (Å²) in [5.74, 6) is -0.714. The van der Waals surface area contributed by atoms with Crippen molar-refractivity contribution >= 4 is 34.3 Å². The molecule has 0 saturated carbocycles. The van der Waals surface area contributed by atoms with Crippen molar-refractivity contribution in [1.82, 2.24) is 0 Å². The van der Waals surface area contributed by atoms with Gasteiger partial charge in [0.1, 0.15) is 5.82 Å². The Kier molecular flexibility index (Phi) is 4.34. The lowest BCUT2D eigenvalue weighted by molar-refractivity contribution is -0.117. The monoisotopic (exact) mass is 330 g/mol. The minimum absolute atomic E-state index is 0.308. The van der Waals surface area contributed by atoms with Gasteiger partial charge >= 0.3 is 0 Å². The molecule has 0 unspecified atom stereocenters. The number of hydrogen-bond donors (Lipinski definition) is 0. The molecule has 2 aromatic carbocycles. The molecule has 2 aromatic rings. The highest BCUT2D eigenvalue weighted by molar-refractivity contribution is 8.16. The van der Waals surface area contributed by atoms with Gasteiger partial charge in [0.05, 0.1) is 5.69 Å². The number of nitrogens with zero attached hydrogens (tertiary/aromatic N) is 2. The summed E-state index contributed by atoms with van der Waals surface area (Å²) >= 11 is 0.978. The fraction of sp³-hybridized carbons (Fsp3) is 0.176. The van der Waals surface area contributed by atoms with Crippen molar-refractivity contribution in [3.63, 3.8) is 0 Å². The Morgan fingerprint density at radius 1 is 1.09 bits per heavy atom. The van der Waals surface area contributed by atoms with Crippen molar-refractivity contribution in [3.05, 3.63) is 60.4 Å². The van der Waals surface area contributed by atoms with Crippen LogP contribution in [0, 0.1) is 5.82 Å². The number of rotatable bonds is 4. The molecule has 2 amide bonds. The highest BCUT2D eigenvalue weighted by Gasteiger charge is 2.43. The van der Waals surface area contributed by atoms with Gasteiger partial charge in [-0.25, -0.2) is 9.29 Å². The van der Waals surface area contributed by atoms with Gasteiger partial charge < -0.3 is 4.90 Å². The van der Waals surface area contributed by atoms with E-state index in [4.69, 9.17) is 0 Å². The number of amides is 2. The number of anilines is 2. The molecule has 0 radical (unpaired) electrons. The quantitative estimate of drug-likeness (QED) is 0.853. The summed E-state index contributed by atoms with van der Waals surface area (Å²) < 4.78 is 13.0. The first-order chi connectivity index (χ1) is 11.1. The van der Waals surface area contributed by atoms with Gasteiger partial charge in [-0.2, -0.15) is 0 Å². The Labute approximate surface area is 137 Å². The molecule has 1 atom stereocenters. The SMILES string of the molecule is CCN(c1ccccc1)[C@@H]1SC(=O)N(c2ccc(F)cc2)C1=O. The Morgan fingerprint density at radius 3 is 2.35 bits per heavy atom. The first-order valence-electron chi connectivity index (χ1n) is 7.23. The summed E-state index contributed by atoms with van der Waals surface area (Å²) in [7, 11) is 0. The van der Waals surface area contributed by atoms with Crippen molar-refractivity contribution in [1.29, 1.82) is 0 Å². The van der Waals surface area contributed by atoms with Crippen LogP contribution in [0.1, 0.15) is 6.92 Å². The maximum atomic E-state index is 13.0. The number of benzene rings is 2. The number of thioether (sulfide) groups is 1. The number of halogens is 1. The summed E-state index contributed by atoms with van der Waals surface area (Å²) in [6, 6.07) is 14.8. The zero-order valence-corrected chi connectivity index (χ0v) is 13.3. The van der Waals surface area contributed by atoms with Crippen LogP contribution >= 0.6 is 11.8 Å². The van der Waals surface area contributed by atoms with Crippen molar-refractivity contribution in [3.8, 4) is 0 Å². The average Bonchev–Trinajstić information content (AvgIpc) is 2.85. The van der Waals surface area contributed by atoms with Gasteiger partial charge in [-0.3, -0.25) is 9.59 Å². The third-order valence-electron chi connectivity index (χ3n) is 3.62. The summed E-state index contributed by atoms with van der Waals surface area (Å²) in [6.45, 7) is 2.53. The number of imide groups is 1. The van der Waals surface area contributed by atoms with Crippen molar-refractivity contribution < 1.29 is 14.0 Å². The molecule has 0 aliphatic carbocycles. The maximum Gasteiger partial charge on any atom is 0.295 e. The van der Waals surface area contributed by atoms with Crippen LogP contribution < -0.4 is 9.80 Å². The molecule has 23 heavy (non-hydrogen) atoms. The lowest BCUT2D eigenvalue weighted by atomic mass is 10.2. The number of carbonyl (C=O) groups excluding carboxylic acids is 2. The Bertz CT molecular complexity index is 721. The second-order valence-electron chi connectivity index (χ2n) is 5.01. The van der Waals surface area contributed by atoms with E-state index in [1.54, 1.807) is 0 Å². The molecule has 1 aliphatic rings. The fourth-order valence-corrected chi connectivity index (χ4v) is 3.62. The predicted octanol–water partition coefficient (Wildman–Crippen LogP) is 3.88. The molecule has 1 fully saturated rings. The first-order valence-corrected chi connectivity index (χ1v) is 8.11. The van der Waals surface area contributed by atoms with Gasteiger partial charge in [0, 0.05) is 12.2 Å². The van der Waals surface area contributed by atoms with Crippen LogP contribution in [0.3, 0.4) is 0 Å². The van der Waals surface area contributed by atoms with E-state index in [9.17, 15) is 14.0 Å². The Hall–Kier alpha value is -2.34. The largest absolute Gasteiger partial charge is 0.351 e. The maximum absolute atomic E-state index is 13.0. The van der Waals surface area contributed by atoms with Crippen LogP contribution in [0.2, 0.25) is 0 Å². The highest BCUT2D eigenvalue weighted by atomic mass is 32.2. The van der Waals surface area contributed by atoms with Crippen molar-refractivity contribution in [2.75, 3.05) is 16.3 Å². The smallest absolute Gasteiger partial charge is 0.295 e. The number of likely N-dealkylation sites (N-methyl/N-ethyl adjacent to an activating group) is 1. The molecule has 1 heterocycles. The zero-order chi connectivity index (χ0) is 16.4. The number of hydrogen-bond acceptors (Lipinski definition) is 4. The van der Waals surface area contributed by atoms with Crippen LogP contribution in [0.25, 0.3) is 0 Å². The van der Waals surface area contributed by atoms with E-state index in [1.807, 2.05) is 42.2 Å². The molecule has 118 valence electrons. The minimum atomic E-state index is -0.611. The third-order valence-corrected chi connectivity index (χ3v) is 4.69. The Balaban J connectivity index is 1.90. The minimum Gasteiger partial charge on any atom is -0.351 e. The third kappa shape index (κ3) is 2.94. The summed E-state index contributed by atoms with van der Waals surface area (Å²) in [6.07, 6.45) is 0. The second kappa shape index (κ2) is 6.42. The summed E-state index contributed by atoms with van der Waals surface area (Å²) in [5.41, 5.74) is 1.27. The molecule has 0 N–H and O–H groups in total. The fourth-order valence-electron chi connectivity index (χ4n) is 2.52. The van der Waals surface area contributed by atoms with Gasteiger partial charge in [-0.1, -0.05) is 18.2 Å². The molecular formula is C17H15FN2O2S. The predicted molar refractivity (Wildman–Crippen MR) is 90.1 cm³/mol. The molecule has 0 bridgehead atoms. The van der Waals surface area contributed by atoms with Crippen molar-refractivity contribution in [2.24, 2.45) is 0 Å². The second-order valence-corrected chi connectivity index (χ2v) is 6.04. The standard InChI is InChI=1S/C17H15FN2O2S/c1-2-19(13-6-4-3-5-7-13)16-15(21)20(17(22)23-16)14-10-8-12(18)9-11-14/h3-11,16H,2H2,1H3/t16-/m1/s1. The van der Waals surface area contributed by atoms with E-state index >= 15 is 0 Å². The highest BCUT2D eigenvalue weighted by Crippen LogP contribution is 2.35. The van der Waals surface area contributed by atoms with E-state index in [2.05, 4.69) is 0 Å². The molecule has 6 heteroatoms. The number of para-hydroxylation sites is 1. The van der Waals surface area contributed by atoms with Gasteiger partial charge in [0.15, 0.2) is 5.37 Å². The van der Waals surface area contributed by atoms with E-state index < -0.39 is 11.2 Å². The topological polar surface area (TPSA) is 40.6 Å². The van der Waals surface area contributed by atoms with Crippen LogP contribution in [-0.4, -0.2) is 23.1 Å². The molecular weight excluding hydrogens is 315 g/mol. The molecule has 3 rings (SSSR count).